The minimum Gasteiger partial charge on any atom is -0.457 e. The van der Waals surface area contributed by atoms with E-state index >= 15 is 0 Å². The lowest BCUT2D eigenvalue weighted by Gasteiger charge is -2.16. The Hall–Kier alpha value is -0.530. The van der Waals surface area contributed by atoms with Gasteiger partial charge in [-0.05, 0) is 12.3 Å². The summed E-state index contributed by atoms with van der Waals surface area (Å²) in [6, 6.07) is 0. The van der Waals surface area contributed by atoms with Crippen LogP contribution in [0.2, 0.25) is 0 Å². The third-order valence-electron chi connectivity index (χ3n) is 5.12. The Labute approximate surface area is 152 Å². The van der Waals surface area contributed by atoms with Crippen LogP contribution in [0.15, 0.2) is 0 Å². The molecule has 0 rings (SSSR count). The molecule has 0 spiro atoms. The molecule has 0 heterocycles. The van der Waals surface area contributed by atoms with Gasteiger partial charge in [-0.1, -0.05) is 117 Å². The molecule has 0 saturated carbocycles. The van der Waals surface area contributed by atoms with E-state index in [0.29, 0.717) is 6.61 Å². The van der Waals surface area contributed by atoms with E-state index in [-0.39, 0.29) is 0 Å². The van der Waals surface area contributed by atoms with Crippen LogP contribution >= 0.6 is 0 Å². The zero-order valence-electron chi connectivity index (χ0n) is 16.6. The van der Waals surface area contributed by atoms with Crippen LogP contribution in [0, 0.1) is 5.92 Å². The van der Waals surface area contributed by atoms with Gasteiger partial charge in [-0.25, -0.2) is 4.79 Å². The van der Waals surface area contributed by atoms with Gasteiger partial charge < -0.3 is 4.74 Å². The number of unbranched alkanes of at least 4 members (excludes halogenated alkanes) is 12. The number of ether oxygens (including phenoxy) is 1. The predicted molar refractivity (Wildman–Crippen MR) is 105 cm³/mol. The Kier molecular flexibility index (Phi) is 20.1. The summed E-state index contributed by atoms with van der Waals surface area (Å²) in [6.07, 6.45) is 22.9. The highest BCUT2D eigenvalue weighted by atomic mass is 16.5. The summed E-state index contributed by atoms with van der Waals surface area (Å²) < 4.78 is 4.80. The molecule has 0 aliphatic carbocycles. The van der Waals surface area contributed by atoms with Crippen LogP contribution in [0.25, 0.3) is 0 Å². The van der Waals surface area contributed by atoms with Gasteiger partial charge in [0.15, 0.2) is 0 Å². The number of carbonyl (C=O) groups excluding carboxylic acids is 1. The average Bonchev–Trinajstić information content (AvgIpc) is 2.59. The van der Waals surface area contributed by atoms with Gasteiger partial charge in [-0.3, -0.25) is 0 Å². The van der Waals surface area contributed by atoms with Gasteiger partial charge in [-0.15, -0.1) is 0 Å². The first-order chi connectivity index (χ1) is 11.8. The third kappa shape index (κ3) is 17.8. The number of hydrogen-bond acceptors (Lipinski definition) is 2. The maximum absolute atomic E-state index is 10.2. The predicted octanol–water partition coefficient (Wildman–Crippen LogP) is 7.36. The van der Waals surface area contributed by atoms with Gasteiger partial charge in [0.25, 0.3) is 0 Å². The van der Waals surface area contributed by atoms with Gasteiger partial charge in [0, 0.05) is 0 Å². The van der Waals surface area contributed by atoms with E-state index in [1.54, 1.807) is 6.47 Å². The molecule has 0 aliphatic heterocycles. The Morgan fingerprint density at radius 1 is 0.625 bits per heavy atom. The molecule has 0 bridgehead atoms. The second kappa shape index (κ2) is 20.5. The molecule has 1 atom stereocenters. The van der Waals surface area contributed by atoms with Crippen molar-refractivity contribution in [3.8, 4) is 0 Å². The molecule has 2 nitrogen and oxygen atoms in total. The summed E-state index contributed by atoms with van der Waals surface area (Å²) >= 11 is 0. The van der Waals surface area contributed by atoms with Crippen molar-refractivity contribution >= 4 is 6.47 Å². The van der Waals surface area contributed by atoms with Crippen molar-refractivity contribution in [3.05, 3.63) is 0 Å². The van der Waals surface area contributed by atoms with Crippen molar-refractivity contribution < 1.29 is 9.53 Å². The van der Waals surface area contributed by atoms with Crippen LogP contribution in [0.3, 0.4) is 0 Å². The largest absolute Gasteiger partial charge is 0.457 e. The average molecular weight is 340 g/mol. The van der Waals surface area contributed by atoms with Gasteiger partial charge >= 0.3 is 6.47 Å². The molecule has 0 aromatic heterocycles. The second-order valence-electron chi connectivity index (χ2n) is 7.41. The monoisotopic (exact) mass is 339 g/mol. The Morgan fingerprint density at radius 2 is 1.04 bits per heavy atom. The molecule has 0 saturated heterocycles. The van der Waals surface area contributed by atoms with Crippen molar-refractivity contribution in [2.45, 2.75) is 123 Å². The summed E-state index contributed by atoms with van der Waals surface area (Å²) in [5, 5.41) is 0. The molecule has 0 aromatic carbocycles. The van der Waals surface area contributed by atoms with Gasteiger partial charge in [-0.2, -0.15) is 0 Å². The van der Waals surface area contributed by atoms with Crippen LogP contribution in [-0.2, 0) is 9.53 Å². The van der Waals surface area contributed by atoms with Crippen LogP contribution in [0.5, 0.6) is 0 Å². The fraction of sp³-hybridized carbons (Fsp3) is 0.955. The molecule has 0 N–H and O–H groups in total. The first kappa shape index (κ1) is 23.5. The summed E-state index contributed by atoms with van der Waals surface area (Å²) in [5.74, 6) is 0.740. The maximum atomic E-state index is 10.2. The van der Waals surface area contributed by atoms with Crippen molar-refractivity contribution in [2.24, 2.45) is 5.92 Å². The minimum absolute atomic E-state index is 0.557. The van der Waals surface area contributed by atoms with Gasteiger partial charge in [0.05, 0.1) is 6.61 Å². The minimum atomic E-state index is 0.557. The molecular formula is C22H43O2. The first-order valence-electron chi connectivity index (χ1n) is 10.8. The van der Waals surface area contributed by atoms with Crippen molar-refractivity contribution in [1.82, 2.24) is 0 Å². The Bertz CT molecular complexity index is 240. The Balaban J connectivity index is 3.65. The highest BCUT2D eigenvalue weighted by molar-refractivity contribution is 5.38. The van der Waals surface area contributed by atoms with Gasteiger partial charge in [0.2, 0.25) is 0 Å². The van der Waals surface area contributed by atoms with E-state index in [4.69, 9.17) is 4.74 Å². The molecule has 0 aliphatic rings. The smallest absolute Gasteiger partial charge is 0.417 e. The zero-order valence-corrected chi connectivity index (χ0v) is 16.6. The summed E-state index contributed by atoms with van der Waals surface area (Å²) in [4.78, 5) is 10.2. The fourth-order valence-corrected chi connectivity index (χ4v) is 3.48. The van der Waals surface area contributed by atoms with Crippen LogP contribution in [0.4, 0.5) is 0 Å². The highest BCUT2D eigenvalue weighted by Crippen LogP contribution is 2.22. The van der Waals surface area contributed by atoms with E-state index in [1.807, 2.05) is 0 Å². The quantitative estimate of drug-likeness (QED) is 0.217. The lowest BCUT2D eigenvalue weighted by Crippen LogP contribution is -2.06. The van der Waals surface area contributed by atoms with E-state index in [2.05, 4.69) is 13.8 Å². The zero-order chi connectivity index (χ0) is 17.7. The lowest BCUT2D eigenvalue weighted by molar-refractivity contribution is 0.235. The summed E-state index contributed by atoms with van der Waals surface area (Å²) in [6.45, 7) is 6.66. The lowest BCUT2D eigenvalue weighted by atomic mass is 9.91. The van der Waals surface area contributed by atoms with E-state index in [1.165, 1.54) is 103 Å². The molecule has 1 radical (unpaired) electrons. The fourth-order valence-electron chi connectivity index (χ4n) is 3.48. The van der Waals surface area contributed by atoms with E-state index in [0.717, 1.165) is 12.3 Å². The molecule has 24 heavy (non-hydrogen) atoms. The molecule has 2 heteroatoms. The maximum Gasteiger partial charge on any atom is 0.417 e. The Morgan fingerprint density at radius 3 is 1.46 bits per heavy atom. The normalized spacial score (nSPS) is 12.2. The molecule has 0 fully saturated rings. The topological polar surface area (TPSA) is 26.3 Å². The van der Waals surface area contributed by atoms with Crippen LogP contribution < -0.4 is 0 Å². The molecule has 143 valence electrons. The first-order valence-corrected chi connectivity index (χ1v) is 10.8. The number of rotatable bonds is 20. The van der Waals surface area contributed by atoms with Crippen molar-refractivity contribution in [1.29, 1.82) is 0 Å². The van der Waals surface area contributed by atoms with Crippen molar-refractivity contribution in [3.63, 3.8) is 0 Å². The number of hydrogen-bond donors (Lipinski definition) is 0. The molecule has 1 unspecified atom stereocenters. The molecule has 0 amide bonds. The standard InChI is InChI=1S/C22H43O2/c1-3-5-7-9-11-12-14-16-18-22(19-20-24-21-23)17-15-13-10-8-6-4-2/h22H,3-20H2,1-2H3. The highest BCUT2D eigenvalue weighted by Gasteiger charge is 2.09. The van der Waals surface area contributed by atoms with Crippen molar-refractivity contribution in [2.75, 3.05) is 6.61 Å². The second-order valence-corrected chi connectivity index (χ2v) is 7.41. The van der Waals surface area contributed by atoms with Crippen LogP contribution in [0.1, 0.15) is 123 Å². The van der Waals surface area contributed by atoms with Crippen LogP contribution in [-0.4, -0.2) is 13.1 Å². The van der Waals surface area contributed by atoms with Gasteiger partial charge in [0.1, 0.15) is 0 Å². The van der Waals surface area contributed by atoms with E-state index < -0.39 is 0 Å². The molecule has 0 aromatic rings. The molecular weight excluding hydrogens is 296 g/mol. The third-order valence-corrected chi connectivity index (χ3v) is 5.12. The van der Waals surface area contributed by atoms with E-state index in [9.17, 15) is 4.79 Å². The summed E-state index contributed by atoms with van der Waals surface area (Å²) in [5.41, 5.74) is 0. The summed E-state index contributed by atoms with van der Waals surface area (Å²) in [7, 11) is 0. The SMILES string of the molecule is CCCCCCCCCCC(CCCCCCCC)CCO[C]=O.